The maximum absolute atomic E-state index is 13.4. The van der Waals surface area contributed by atoms with Gasteiger partial charge in [-0.05, 0) is 69.5 Å². The molecule has 5 nitrogen and oxygen atoms in total. The molecule has 0 bridgehead atoms. The standard InChI is InChI=1S/C25H31Cl2NO4S/c1-6-21(16(2)33(30,31)25(3,4)5)28-22(29)15-32-24(18-8-7-9-20(27)14-18)23(28)17-10-12-19(26)13-11-17/h7-14,16,21,23-24H,6,15H2,1-5H3. The van der Waals surface area contributed by atoms with Gasteiger partial charge in [-0.25, -0.2) is 8.42 Å². The largest absolute Gasteiger partial charge is 0.361 e. The molecular formula is C25H31Cl2NO4S. The lowest BCUT2D eigenvalue weighted by atomic mass is 9.90. The summed E-state index contributed by atoms with van der Waals surface area (Å²) in [5.74, 6) is -0.240. The van der Waals surface area contributed by atoms with Crippen molar-refractivity contribution in [3.05, 3.63) is 69.7 Å². The summed E-state index contributed by atoms with van der Waals surface area (Å²) in [6.45, 7) is 8.55. The number of benzene rings is 2. The molecule has 1 amide bonds. The predicted molar refractivity (Wildman–Crippen MR) is 133 cm³/mol. The number of hydrogen-bond acceptors (Lipinski definition) is 4. The van der Waals surface area contributed by atoms with E-state index in [9.17, 15) is 13.2 Å². The number of rotatable bonds is 6. The SMILES string of the molecule is CCC(C(C)S(=O)(=O)C(C)(C)C)N1C(=O)COC(c2cccc(Cl)c2)C1c1ccc(Cl)cc1. The second-order valence-electron chi connectivity index (χ2n) is 9.42. The lowest BCUT2D eigenvalue weighted by molar-refractivity contribution is -0.163. The van der Waals surface area contributed by atoms with Crippen molar-refractivity contribution in [3.63, 3.8) is 0 Å². The third-order valence-corrected chi connectivity index (χ3v) is 9.80. The second-order valence-corrected chi connectivity index (χ2v) is 13.4. The van der Waals surface area contributed by atoms with Crippen LogP contribution in [0.25, 0.3) is 0 Å². The van der Waals surface area contributed by atoms with Gasteiger partial charge in [0.25, 0.3) is 0 Å². The van der Waals surface area contributed by atoms with Gasteiger partial charge in [-0.2, -0.15) is 0 Å². The molecule has 8 heteroatoms. The number of carbonyl (C=O) groups excluding carboxylic acids is 1. The number of sulfone groups is 1. The van der Waals surface area contributed by atoms with Crippen molar-refractivity contribution in [2.75, 3.05) is 6.61 Å². The molecular weight excluding hydrogens is 481 g/mol. The van der Waals surface area contributed by atoms with Crippen molar-refractivity contribution >= 4 is 38.9 Å². The third kappa shape index (κ3) is 5.24. The minimum Gasteiger partial charge on any atom is -0.361 e. The smallest absolute Gasteiger partial charge is 0.249 e. The molecule has 0 aliphatic carbocycles. The highest BCUT2D eigenvalue weighted by Gasteiger charge is 2.47. The second kappa shape index (κ2) is 9.95. The third-order valence-electron chi connectivity index (χ3n) is 6.31. The Labute approximate surface area is 206 Å². The van der Waals surface area contributed by atoms with Gasteiger partial charge in [-0.15, -0.1) is 0 Å². The molecule has 1 saturated heterocycles. The van der Waals surface area contributed by atoms with Crippen molar-refractivity contribution in [2.45, 2.75) is 69.2 Å². The fraction of sp³-hybridized carbons (Fsp3) is 0.480. The highest BCUT2D eigenvalue weighted by atomic mass is 35.5. The molecule has 180 valence electrons. The summed E-state index contributed by atoms with van der Waals surface area (Å²) < 4.78 is 31.9. The lowest BCUT2D eigenvalue weighted by Crippen LogP contribution is -2.56. The van der Waals surface area contributed by atoms with Crippen molar-refractivity contribution in [2.24, 2.45) is 0 Å². The molecule has 3 rings (SSSR count). The number of nitrogens with zero attached hydrogens (tertiary/aromatic N) is 1. The van der Waals surface area contributed by atoms with E-state index in [4.69, 9.17) is 27.9 Å². The molecule has 2 aromatic rings. The Morgan fingerprint density at radius 1 is 1.06 bits per heavy atom. The molecule has 1 heterocycles. The van der Waals surface area contributed by atoms with E-state index < -0.39 is 38.0 Å². The molecule has 0 spiro atoms. The van der Waals surface area contributed by atoms with Crippen molar-refractivity contribution in [1.82, 2.24) is 4.90 Å². The number of ether oxygens (including phenoxy) is 1. The first kappa shape index (κ1) is 26.0. The van der Waals surface area contributed by atoms with Gasteiger partial charge in [0.05, 0.1) is 16.0 Å². The summed E-state index contributed by atoms with van der Waals surface area (Å²) in [7, 11) is -3.54. The Kier molecular flexibility index (Phi) is 7.84. The number of carbonyl (C=O) groups is 1. The van der Waals surface area contributed by atoms with E-state index in [1.807, 2.05) is 37.3 Å². The Morgan fingerprint density at radius 3 is 2.24 bits per heavy atom. The molecule has 0 saturated carbocycles. The first-order valence-corrected chi connectivity index (χ1v) is 13.4. The van der Waals surface area contributed by atoms with Crippen LogP contribution in [0.2, 0.25) is 10.0 Å². The van der Waals surface area contributed by atoms with Gasteiger partial charge in [0.2, 0.25) is 5.91 Å². The average Bonchev–Trinajstić information content (AvgIpc) is 2.75. The molecule has 2 aromatic carbocycles. The van der Waals surface area contributed by atoms with Gasteiger partial charge in [-0.3, -0.25) is 4.79 Å². The van der Waals surface area contributed by atoms with E-state index in [1.165, 1.54) is 0 Å². The predicted octanol–water partition coefficient (Wildman–Crippen LogP) is 6.02. The van der Waals surface area contributed by atoms with Crippen LogP contribution in [-0.4, -0.2) is 41.9 Å². The number of morpholine rings is 1. The van der Waals surface area contributed by atoms with Crippen LogP contribution in [0.15, 0.2) is 48.5 Å². The van der Waals surface area contributed by atoms with Crippen LogP contribution in [0.1, 0.15) is 64.3 Å². The topological polar surface area (TPSA) is 63.7 Å². The van der Waals surface area contributed by atoms with Gasteiger partial charge >= 0.3 is 0 Å². The summed E-state index contributed by atoms with van der Waals surface area (Å²) in [5.41, 5.74) is 1.64. The quantitative estimate of drug-likeness (QED) is 0.475. The molecule has 1 aliphatic rings. The first-order valence-electron chi connectivity index (χ1n) is 11.1. The van der Waals surface area contributed by atoms with Crippen LogP contribution >= 0.6 is 23.2 Å². The molecule has 0 N–H and O–H groups in total. The first-order chi connectivity index (χ1) is 15.4. The molecule has 1 aliphatic heterocycles. The zero-order valence-electron chi connectivity index (χ0n) is 19.6. The van der Waals surface area contributed by atoms with E-state index >= 15 is 0 Å². The Morgan fingerprint density at radius 2 is 1.70 bits per heavy atom. The zero-order valence-corrected chi connectivity index (χ0v) is 21.9. The lowest BCUT2D eigenvalue weighted by Gasteiger charge is -2.47. The molecule has 4 atom stereocenters. The number of halogens is 2. The van der Waals surface area contributed by atoms with Crippen LogP contribution in [0.3, 0.4) is 0 Å². The molecule has 33 heavy (non-hydrogen) atoms. The number of amides is 1. The van der Waals surface area contributed by atoms with Crippen molar-refractivity contribution < 1.29 is 17.9 Å². The zero-order chi connectivity index (χ0) is 24.6. The minimum absolute atomic E-state index is 0.139. The van der Waals surface area contributed by atoms with E-state index in [2.05, 4.69) is 0 Å². The van der Waals surface area contributed by atoms with Crippen LogP contribution in [-0.2, 0) is 19.4 Å². The Hall–Kier alpha value is -1.60. The van der Waals surface area contributed by atoms with Crippen molar-refractivity contribution in [1.29, 1.82) is 0 Å². The Bertz CT molecular complexity index is 1100. The highest BCUT2D eigenvalue weighted by molar-refractivity contribution is 7.93. The van der Waals surface area contributed by atoms with Crippen molar-refractivity contribution in [3.8, 4) is 0 Å². The maximum Gasteiger partial charge on any atom is 0.249 e. The minimum atomic E-state index is -3.54. The van der Waals surface area contributed by atoms with E-state index in [-0.39, 0.29) is 12.5 Å². The van der Waals surface area contributed by atoms with Gasteiger partial charge < -0.3 is 9.64 Å². The molecule has 0 radical (unpaired) electrons. The average molecular weight is 512 g/mol. The van der Waals surface area contributed by atoms with Gasteiger partial charge in [0, 0.05) is 16.1 Å². The molecule has 4 unspecified atom stereocenters. The van der Waals surface area contributed by atoms with E-state index in [0.29, 0.717) is 16.5 Å². The summed E-state index contributed by atoms with van der Waals surface area (Å²) in [5, 5.41) is 0.368. The molecule has 0 aromatic heterocycles. The monoisotopic (exact) mass is 511 g/mol. The summed E-state index contributed by atoms with van der Waals surface area (Å²) >= 11 is 12.4. The van der Waals surface area contributed by atoms with Gasteiger partial charge in [-0.1, -0.05) is 54.4 Å². The van der Waals surface area contributed by atoms with Crippen LogP contribution in [0.4, 0.5) is 0 Å². The fourth-order valence-electron chi connectivity index (χ4n) is 4.50. The van der Waals surface area contributed by atoms with E-state index in [0.717, 1.165) is 11.1 Å². The van der Waals surface area contributed by atoms with Gasteiger partial charge in [0.1, 0.15) is 12.7 Å². The van der Waals surface area contributed by atoms with Crippen LogP contribution in [0, 0.1) is 0 Å². The molecule has 1 fully saturated rings. The summed E-state index contributed by atoms with van der Waals surface area (Å²) in [4.78, 5) is 15.0. The number of hydrogen-bond donors (Lipinski definition) is 0. The highest BCUT2D eigenvalue weighted by Crippen LogP contribution is 2.43. The summed E-state index contributed by atoms with van der Waals surface area (Å²) in [6, 6.07) is 13.5. The fourth-order valence-corrected chi connectivity index (χ4v) is 6.67. The van der Waals surface area contributed by atoms with E-state index in [1.54, 1.807) is 50.8 Å². The van der Waals surface area contributed by atoms with Crippen LogP contribution < -0.4 is 0 Å². The van der Waals surface area contributed by atoms with Crippen LogP contribution in [0.5, 0.6) is 0 Å². The summed E-state index contributed by atoms with van der Waals surface area (Å²) in [6.07, 6.45) is -0.0321. The maximum atomic E-state index is 13.4. The Balaban J connectivity index is 2.16. The van der Waals surface area contributed by atoms with Gasteiger partial charge in [0.15, 0.2) is 9.84 Å². The normalized spacial score (nSPS) is 21.7.